The molecule has 0 aliphatic heterocycles. The van der Waals surface area contributed by atoms with Crippen molar-refractivity contribution in [3.8, 4) is 5.75 Å². The first-order chi connectivity index (χ1) is 12.4. The highest BCUT2D eigenvalue weighted by atomic mass is 35.5. The molecular formula is C17H17ClFN5O2. The maximum atomic E-state index is 13.1. The molecule has 0 saturated heterocycles. The average molecular weight is 378 g/mol. The van der Waals surface area contributed by atoms with Crippen molar-refractivity contribution in [3.63, 3.8) is 0 Å². The molecule has 9 heteroatoms. The molecule has 1 amide bonds. The van der Waals surface area contributed by atoms with Crippen LogP contribution in [0.2, 0.25) is 5.02 Å². The zero-order valence-electron chi connectivity index (χ0n) is 14.3. The summed E-state index contributed by atoms with van der Waals surface area (Å²) in [6.45, 7) is 0.455. The van der Waals surface area contributed by atoms with Crippen LogP contribution in [0.1, 0.15) is 16.2 Å². The van der Waals surface area contributed by atoms with Gasteiger partial charge < -0.3 is 9.64 Å². The minimum atomic E-state index is -0.512. The molecule has 7 nitrogen and oxygen atoms in total. The third-order valence-corrected chi connectivity index (χ3v) is 3.92. The van der Waals surface area contributed by atoms with Crippen molar-refractivity contribution < 1.29 is 13.9 Å². The van der Waals surface area contributed by atoms with Crippen LogP contribution in [0.4, 0.5) is 4.39 Å². The highest BCUT2D eigenvalue weighted by Gasteiger charge is 2.16. The van der Waals surface area contributed by atoms with E-state index in [1.165, 1.54) is 27.8 Å². The fraction of sp³-hybridized carbons (Fsp3) is 0.235. The summed E-state index contributed by atoms with van der Waals surface area (Å²) in [4.78, 5) is 14.0. The molecule has 2 heterocycles. The number of rotatable bonds is 6. The second-order valence-corrected chi connectivity index (χ2v) is 6.14. The molecule has 3 rings (SSSR count). The average Bonchev–Trinajstić information content (AvgIpc) is 3.24. The minimum Gasteiger partial charge on any atom is -0.471 e. The number of carbonyl (C=O) groups excluding carboxylic acids is 1. The van der Waals surface area contributed by atoms with Gasteiger partial charge in [-0.1, -0.05) is 11.6 Å². The van der Waals surface area contributed by atoms with Gasteiger partial charge in [0.1, 0.15) is 11.6 Å². The molecule has 0 fully saturated rings. The topological polar surface area (TPSA) is 65.2 Å². The van der Waals surface area contributed by atoms with Crippen LogP contribution >= 0.6 is 11.6 Å². The predicted molar refractivity (Wildman–Crippen MR) is 93.3 cm³/mol. The van der Waals surface area contributed by atoms with Crippen LogP contribution < -0.4 is 4.74 Å². The fourth-order valence-corrected chi connectivity index (χ4v) is 2.48. The Morgan fingerprint density at radius 3 is 2.77 bits per heavy atom. The monoisotopic (exact) mass is 377 g/mol. The second kappa shape index (κ2) is 7.57. The van der Waals surface area contributed by atoms with Gasteiger partial charge in [0.15, 0.2) is 12.4 Å². The predicted octanol–water partition coefficient (Wildman–Crippen LogP) is 2.72. The molecule has 2 aromatic heterocycles. The quantitative estimate of drug-likeness (QED) is 0.662. The number of halogens is 2. The van der Waals surface area contributed by atoms with Crippen molar-refractivity contribution >= 4 is 17.5 Å². The molecule has 0 unspecified atom stereocenters. The highest BCUT2D eigenvalue weighted by molar-refractivity contribution is 6.30. The normalized spacial score (nSPS) is 10.8. The number of amides is 1. The Hall–Kier alpha value is -2.87. The lowest BCUT2D eigenvalue weighted by Gasteiger charge is -2.14. The summed E-state index contributed by atoms with van der Waals surface area (Å²) in [7, 11) is 3.51. The van der Waals surface area contributed by atoms with E-state index >= 15 is 0 Å². The lowest BCUT2D eigenvalue weighted by molar-refractivity contribution is 0.0775. The summed E-state index contributed by atoms with van der Waals surface area (Å²) in [5.41, 5.74) is 1.09. The number of aromatic nitrogens is 4. The summed E-state index contributed by atoms with van der Waals surface area (Å²) >= 11 is 5.71. The maximum absolute atomic E-state index is 13.1. The Kier molecular flexibility index (Phi) is 5.22. The number of hydrogen-bond donors (Lipinski definition) is 0. The van der Waals surface area contributed by atoms with E-state index in [1.807, 2.05) is 19.3 Å². The minimum absolute atomic E-state index is 0.0185. The van der Waals surface area contributed by atoms with Crippen LogP contribution in [-0.2, 0) is 20.3 Å². The standard InChI is InChI=1S/C17H17ClFN5O2/c1-22(10-12-5-7-23(2)20-12)17(25)16-6-8-24(21-16)11-26-13-3-4-15(19)14(18)9-13/h3-9H,10-11H2,1-2H3. The summed E-state index contributed by atoms with van der Waals surface area (Å²) < 4.78 is 21.8. The first-order valence-corrected chi connectivity index (χ1v) is 8.15. The highest BCUT2D eigenvalue weighted by Crippen LogP contribution is 2.21. The van der Waals surface area contributed by atoms with E-state index in [-0.39, 0.29) is 17.7 Å². The van der Waals surface area contributed by atoms with Crippen LogP contribution in [-0.4, -0.2) is 37.4 Å². The van der Waals surface area contributed by atoms with Gasteiger partial charge in [-0.05, 0) is 24.3 Å². The Labute approximate surface area is 154 Å². The van der Waals surface area contributed by atoms with Crippen LogP contribution in [0, 0.1) is 5.82 Å². The van der Waals surface area contributed by atoms with E-state index < -0.39 is 5.82 Å². The van der Waals surface area contributed by atoms with Gasteiger partial charge in [0.25, 0.3) is 5.91 Å². The number of hydrogen-bond acceptors (Lipinski definition) is 4. The smallest absolute Gasteiger partial charge is 0.274 e. The van der Waals surface area contributed by atoms with Crippen LogP contribution in [0.5, 0.6) is 5.75 Å². The number of aryl methyl sites for hydroxylation is 1. The lowest BCUT2D eigenvalue weighted by atomic mass is 10.3. The first kappa shape index (κ1) is 17.9. The van der Waals surface area contributed by atoms with Crippen molar-refractivity contribution in [3.05, 3.63) is 65.0 Å². The third kappa shape index (κ3) is 4.20. The van der Waals surface area contributed by atoms with Gasteiger partial charge in [-0.3, -0.25) is 9.48 Å². The Balaban J connectivity index is 1.59. The van der Waals surface area contributed by atoms with E-state index in [2.05, 4.69) is 10.2 Å². The maximum Gasteiger partial charge on any atom is 0.274 e. The van der Waals surface area contributed by atoms with Gasteiger partial charge in [-0.2, -0.15) is 10.2 Å². The van der Waals surface area contributed by atoms with E-state index in [1.54, 1.807) is 24.0 Å². The van der Waals surface area contributed by atoms with Crippen LogP contribution in [0.15, 0.2) is 42.7 Å². The molecule has 136 valence electrons. The molecule has 0 spiro atoms. The summed E-state index contributed by atoms with van der Waals surface area (Å²) in [6, 6.07) is 7.54. The van der Waals surface area contributed by atoms with Crippen LogP contribution in [0.25, 0.3) is 0 Å². The van der Waals surface area contributed by atoms with E-state index in [0.29, 0.717) is 18.0 Å². The Bertz CT molecular complexity index is 924. The van der Waals surface area contributed by atoms with Crippen molar-refractivity contribution in [2.24, 2.45) is 7.05 Å². The molecule has 0 saturated carbocycles. The lowest BCUT2D eigenvalue weighted by Crippen LogP contribution is -2.27. The second-order valence-electron chi connectivity index (χ2n) is 5.73. The molecule has 0 radical (unpaired) electrons. The zero-order valence-corrected chi connectivity index (χ0v) is 15.0. The Morgan fingerprint density at radius 1 is 1.27 bits per heavy atom. The molecule has 3 aromatic rings. The first-order valence-electron chi connectivity index (χ1n) is 7.77. The molecule has 26 heavy (non-hydrogen) atoms. The van der Waals surface area contributed by atoms with Gasteiger partial charge in [0.2, 0.25) is 0 Å². The zero-order chi connectivity index (χ0) is 18.7. The van der Waals surface area contributed by atoms with Crippen molar-refractivity contribution in [2.45, 2.75) is 13.3 Å². The van der Waals surface area contributed by atoms with Gasteiger partial charge >= 0.3 is 0 Å². The Morgan fingerprint density at radius 2 is 2.08 bits per heavy atom. The van der Waals surface area contributed by atoms with Crippen molar-refractivity contribution in [1.29, 1.82) is 0 Å². The summed E-state index contributed by atoms with van der Waals surface area (Å²) in [5.74, 6) is -0.326. The van der Waals surface area contributed by atoms with Gasteiger partial charge in [0, 0.05) is 32.6 Å². The van der Waals surface area contributed by atoms with E-state index in [0.717, 1.165) is 5.69 Å². The molecule has 1 aromatic carbocycles. The molecule has 0 N–H and O–H groups in total. The number of nitrogens with zero attached hydrogens (tertiary/aromatic N) is 5. The third-order valence-electron chi connectivity index (χ3n) is 3.63. The number of benzene rings is 1. The van der Waals surface area contributed by atoms with E-state index in [4.69, 9.17) is 16.3 Å². The molecule has 0 aliphatic rings. The fourth-order valence-electron chi connectivity index (χ4n) is 2.31. The van der Waals surface area contributed by atoms with Crippen molar-refractivity contribution in [1.82, 2.24) is 24.5 Å². The van der Waals surface area contributed by atoms with Gasteiger partial charge in [-0.15, -0.1) is 0 Å². The number of carbonyl (C=O) groups is 1. The summed E-state index contributed by atoms with van der Waals surface area (Å²) in [5, 5.41) is 8.43. The molecule has 0 bridgehead atoms. The molecule has 0 atom stereocenters. The molecule has 0 aliphatic carbocycles. The summed E-state index contributed by atoms with van der Waals surface area (Å²) in [6.07, 6.45) is 3.45. The largest absolute Gasteiger partial charge is 0.471 e. The van der Waals surface area contributed by atoms with Gasteiger partial charge in [0.05, 0.1) is 17.3 Å². The van der Waals surface area contributed by atoms with Crippen molar-refractivity contribution in [2.75, 3.05) is 7.05 Å². The van der Waals surface area contributed by atoms with E-state index in [9.17, 15) is 9.18 Å². The number of ether oxygens (including phenoxy) is 1. The van der Waals surface area contributed by atoms with Gasteiger partial charge in [-0.25, -0.2) is 9.07 Å². The molecular weight excluding hydrogens is 361 g/mol. The van der Waals surface area contributed by atoms with Crippen LogP contribution in [0.3, 0.4) is 0 Å². The SMILES string of the molecule is CN(Cc1ccn(C)n1)C(=O)c1ccn(COc2ccc(F)c(Cl)c2)n1.